The van der Waals surface area contributed by atoms with E-state index in [1.807, 2.05) is 32.9 Å². The lowest BCUT2D eigenvalue weighted by Crippen LogP contribution is -2.26. The van der Waals surface area contributed by atoms with Gasteiger partial charge in [0.1, 0.15) is 0 Å². The lowest BCUT2D eigenvalue weighted by atomic mass is 10.0. The van der Waals surface area contributed by atoms with Gasteiger partial charge in [-0.3, -0.25) is 9.59 Å². The average molecular weight is 275 g/mol. The Labute approximate surface area is 119 Å². The molecule has 1 aliphatic heterocycles. The van der Waals surface area contributed by atoms with Crippen molar-refractivity contribution >= 4 is 17.6 Å². The number of anilines is 1. The second kappa shape index (κ2) is 5.65. The molecular formula is C16H21NO3. The van der Waals surface area contributed by atoms with Gasteiger partial charge in [-0.05, 0) is 37.5 Å². The molecule has 0 aliphatic carbocycles. The van der Waals surface area contributed by atoms with Crippen molar-refractivity contribution in [3.8, 4) is 0 Å². The topological polar surface area (TPSA) is 46.6 Å². The minimum Gasteiger partial charge on any atom is -0.447 e. The van der Waals surface area contributed by atoms with Gasteiger partial charge in [-0.1, -0.05) is 19.4 Å². The fourth-order valence-electron chi connectivity index (χ4n) is 2.61. The lowest BCUT2D eigenvalue weighted by Gasteiger charge is -2.13. The summed E-state index contributed by atoms with van der Waals surface area (Å²) in [6.07, 6.45) is 1.31. The fourth-order valence-corrected chi connectivity index (χ4v) is 2.61. The summed E-state index contributed by atoms with van der Waals surface area (Å²) in [7, 11) is 1.72. The van der Waals surface area contributed by atoms with Crippen molar-refractivity contribution < 1.29 is 14.3 Å². The Kier molecular flexibility index (Phi) is 4.12. The first-order chi connectivity index (χ1) is 9.45. The molecular weight excluding hydrogens is 254 g/mol. The van der Waals surface area contributed by atoms with E-state index in [0.717, 1.165) is 35.2 Å². The van der Waals surface area contributed by atoms with E-state index in [1.54, 1.807) is 11.9 Å². The Balaban J connectivity index is 2.29. The van der Waals surface area contributed by atoms with Crippen LogP contribution in [0.15, 0.2) is 12.1 Å². The van der Waals surface area contributed by atoms with Crippen molar-refractivity contribution in [2.75, 3.05) is 11.9 Å². The molecule has 1 aliphatic rings. The number of benzene rings is 1. The van der Waals surface area contributed by atoms with Gasteiger partial charge in [-0.2, -0.15) is 0 Å². The summed E-state index contributed by atoms with van der Waals surface area (Å²) in [6.45, 7) is 5.96. The second-order valence-corrected chi connectivity index (χ2v) is 5.39. The standard InChI is InChI=1S/C16H21NO3/c1-5-6-7-13(18)20-15-14-11(3)8-10(2)9-12(14)17(4)16(15)19/h8-9,15H,5-7H2,1-4H3. The first kappa shape index (κ1) is 14.6. The number of rotatable bonds is 4. The fraction of sp³-hybridized carbons (Fsp3) is 0.500. The van der Waals surface area contributed by atoms with Crippen LogP contribution in [0.25, 0.3) is 0 Å². The van der Waals surface area contributed by atoms with Gasteiger partial charge in [0, 0.05) is 19.0 Å². The Bertz CT molecular complexity index is 551. The highest BCUT2D eigenvalue weighted by Crippen LogP contribution is 2.40. The smallest absolute Gasteiger partial charge is 0.306 e. The number of fused-ring (bicyclic) bond motifs is 1. The third kappa shape index (κ3) is 2.55. The van der Waals surface area contributed by atoms with Gasteiger partial charge in [0.05, 0.1) is 5.69 Å². The predicted molar refractivity (Wildman–Crippen MR) is 77.7 cm³/mol. The highest BCUT2D eigenvalue weighted by molar-refractivity contribution is 6.05. The van der Waals surface area contributed by atoms with Crippen LogP contribution in [0.2, 0.25) is 0 Å². The van der Waals surface area contributed by atoms with Crippen LogP contribution in [-0.4, -0.2) is 18.9 Å². The molecule has 2 rings (SSSR count). The maximum absolute atomic E-state index is 12.3. The van der Waals surface area contributed by atoms with Gasteiger partial charge in [0.25, 0.3) is 5.91 Å². The third-order valence-electron chi connectivity index (χ3n) is 3.67. The van der Waals surface area contributed by atoms with E-state index in [-0.39, 0.29) is 11.9 Å². The van der Waals surface area contributed by atoms with Gasteiger partial charge in [-0.25, -0.2) is 0 Å². The molecule has 0 saturated heterocycles. The number of amides is 1. The van der Waals surface area contributed by atoms with Crippen molar-refractivity contribution in [3.63, 3.8) is 0 Å². The van der Waals surface area contributed by atoms with Crippen LogP contribution >= 0.6 is 0 Å². The summed E-state index contributed by atoms with van der Waals surface area (Å²) in [4.78, 5) is 25.7. The number of likely N-dealkylation sites (N-methyl/N-ethyl adjacent to an activating group) is 1. The third-order valence-corrected chi connectivity index (χ3v) is 3.67. The summed E-state index contributed by atoms with van der Waals surface area (Å²) < 4.78 is 5.41. The number of hydrogen-bond donors (Lipinski definition) is 0. The first-order valence-corrected chi connectivity index (χ1v) is 7.04. The van der Waals surface area contributed by atoms with Crippen molar-refractivity contribution in [1.82, 2.24) is 0 Å². The number of carbonyl (C=O) groups is 2. The Morgan fingerprint density at radius 1 is 1.35 bits per heavy atom. The minimum atomic E-state index is -0.778. The molecule has 1 unspecified atom stereocenters. The molecule has 1 aromatic rings. The molecule has 20 heavy (non-hydrogen) atoms. The van der Waals surface area contributed by atoms with E-state index in [1.165, 1.54) is 0 Å². The van der Waals surface area contributed by atoms with Gasteiger partial charge in [0.2, 0.25) is 6.10 Å². The van der Waals surface area contributed by atoms with Crippen molar-refractivity contribution in [2.45, 2.75) is 46.1 Å². The normalized spacial score (nSPS) is 17.3. The van der Waals surface area contributed by atoms with E-state index in [2.05, 4.69) is 0 Å². The van der Waals surface area contributed by atoms with Crippen LogP contribution in [0.5, 0.6) is 0 Å². The second-order valence-electron chi connectivity index (χ2n) is 5.39. The van der Waals surface area contributed by atoms with Crippen LogP contribution in [0.3, 0.4) is 0 Å². The Morgan fingerprint density at radius 3 is 2.70 bits per heavy atom. The van der Waals surface area contributed by atoms with Crippen LogP contribution in [0.1, 0.15) is 49.0 Å². The summed E-state index contributed by atoms with van der Waals surface area (Å²) in [5, 5.41) is 0. The van der Waals surface area contributed by atoms with Crippen LogP contribution < -0.4 is 4.90 Å². The van der Waals surface area contributed by atoms with E-state index >= 15 is 0 Å². The van der Waals surface area contributed by atoms with Gasteiger partial charge in [-0.15, -0.1) is 0 Å². The average Bonchev–Trinajstić information content (AvgIpc) is 2.62. The summed E-state index contributed by atoms with van der Waals surface area (Å²) in [6, 6.07) is 3.97. The maximum atomic E-state index is 12.3. The molecule has 0 bridgehead atoms. The number of hydrogen-bond acceptors (Lipinski definition) is 3. The molecule has 1 amide bonds. The highest BCUT2D eigenvalue weighted by atomic mass is 16.5. The first-order valence-electron chi connectivity index (χ1n) is 7.04. The number of carbonyl (C=O) groups excluding carboxylic acids is 2. The van der Waals surface area contributed by atoms with Crippen molar-refractivity contribution in [3.05, 3.63) is 28.8 Å². The lowest BCUT2D eigenvalue weighted by molar-refractivity contribution is -0.154. The quantitative estimate of drug-likeness (QED) is 0.793. The zero-order valence-electron chi connectivity index (χ0n) is 12.5. The molecule has 0 fully saturated rings. The Hall–Kier alpha value is -1.84. The number of esters is 1. The molecule has 0 radical (unpaired) electrons. The SMILES string of the molecule is CCCCC(=O)OC1C(=O)N(C)c2cc(C)cc(C)c21. The predicted octanol–water partition coefficient (Wildman–Crippen LogP) is 3.05. The number of ether oxygens (including phenoxy) is 1. The summed E-state index contributed by atoms with van der Waals surface area (Å²) in [5.74, 6) is -0.468. The molecule has 1 atom stereocenters. The maximum Gasteiger partial charge on any atom is 0.306 e. The van der Waals surface area contributed by atoms with Gasteiger partial charge in [0.15, 0.2) is 0 Å². The zero-order valence-corrected chi connectivity index (χ0v) is 12.5. The molecule has 4 nitrogen and oxygen atoms in total. The van der Waals surface area contributed by atoms with Crippen molar-refractivity contribution in [2.24, 2.45) is 0 Å². The highest BCUT2D eigenvalue weighted by Gasteiger charge is 2.39. The van der Waals surface area contributed by atoms with Crippen LogP contribution in [0.4, 0.5) is 5.69 Å². The molecule has 4 heteroatoms. The molecule has 0 spiro atoms. The van der Waals surface area contributed by atoms with E-state index in [9.17, 15) is 9.59 Å². The summed E-state index contributed by atoms with van der Waals surface area (Å²) >= 11 is 0. The molecule has 0 N–H and O–H groups in total. The van der Waals surface area contributed by atoms with Gasteiger partial charge >= 0.3 is 5.97 Å². The molecule has 108 valence electrons. The van der Waals surface area contributed by atoms with Crippen LogP contribution in [-0.2, 0) is 14.3 Å². The van der Waals surface area contributed by atoms with E-state index < -0.39 is 6.10 Å². The summed E-state index contributed by atoms with van der Waals surface area (Å²) in [5.41, 5.74) is 3.76. The molecule has 1 aromatic carbocycles. The van der Waals surface area contributed by atoms with Crippen LogP contribution in [0, 0.1) is 13.8 Å². The number of nitrogens with zero attached hydrogens (tertiary/aromatic N) is 1. The van der Waals surface area contributed by atoms with Crippen molar-refractivity contribution in [1.29, 1.82) is 0 Å². The number of aryl methyl sites for hydroxylation is 2. The van der Waals surface area contributed by atoms with Gasteiger partial charge < -0.3 is 9.64 Å². The van der Waals surface area contributed by atoms with E-state index in [4.69, 9.17) is 4.74 Å². The molecule has 1 heterocycles. The number of unbranched alkanes of at least 4 members (excludes halogenated alkanes) is 1. The molecule has 0 saturated carbocycles. The largest absolute Gasteiger partial charge is 0.447 e. The molecule has 0 aromatic heterocycles. The Morgan fingerprint density at radius 2 is 2.05 bits per heavy atom. The zero-order chi connectivity index (χ0) is 14.9. The van der Waals surface area contributed by atoms with E-state index in [0.29, 0.717) is 6.42 Å². The minimum absolute atomic E-state index is 0.168. The monoisotopic (exact) mass is 275 g/mol.